The average Bonchev–Trinajstić information content (AvgIpc) is 2.35. The summed E-state index contributed by atoms with van der Waals surface area (Å²) in [7, 11) is -0.224. The van der Waals surface area contributed by atoms with Gasteiger partial charge >= 0.3 is 11.5 Å². The molecule has 0 saturated carbocycles. The topological polar surface area (TPSA) is 118 Å². The molecule has 0 fully saturated rings. The second-order valence-electron chi connectivity index (χ2n) is 5.06. The van der Waals surface area contributed by atoms with Gasteiger partial charge in [0.05, 0.1) is 32.3 Å². The highest BCUT2D eigenvalue weighted by molar-refractivity contribution is 7.86. The summed E-state index contributed by atoms with van der Waals surface area (Å²) in [6.07, 6.45) is 0. The van der Waals surface area contributed by atoms with Gasteiger partial charge in [0, 0.05) is 12.1 Å². The van der Waals surface area contributed by atoms with Crippen LogP contribution in [0.4, 0.5) is 18.9 Å². The highest BCUT2D eigenvalue weighted by Crippen LogP contribution is 2.21. The minimum Gasteiger partial charge on any atom is -0.741 e. The molecule has 1 aromatic carbocycles. The number of halogens is 3. The molecule has 0 saturated heterocycles. The Morgan fingerprint density at radius 1 is 1.30 bits per heavy atom. The third kappa shape index (κ3) is 6.23. The lowest BCUT2D eigenvalue weighted by atomic mass is 10.1. The van der Waals surface area contributed by atoms with Crippen molar-refractivity contribution in [1.82, 2.24) is 4.48 Å². The van der Waals surface area contributed by atoms with Gasteiger partial charge < -0.3 is 9.66 Å². The third-order valence-electron chi connectivity index (χ3n) is 2.41. The molecule has 0 aromatic heterocycles. The van der Waals surface area contributed by atoms with E-state index >= 15 is 0 Å². The SMILES string of the molecule is C[N+](C)(C)c1ccc(C(=O)O)c(C#N)c1.O=S(=O)([O-])C(F)(F)F. The number of nitriles is 1. The lowest BCUT2D eigenvalue weighted by molar-refractivity contribution is -0.0517. The van der Waals surface area contributed by atoms with Crippen LogP contribution in [0.5, 0.6) is 0 Å². The smallest absolute Gasteiger partial charge is 0.485 e. The van der Waals surface area contributed by atoms with Crippen LogP contribution in [-0.2, 0) is 10.1 Å². The zero-order valence-electron chi connectivity index (χ0n) is 12.2. The molecule has 1 N–H and O–H groups in total. The number of carboxylic acid groups (broad SMARTS) is 1. The maximum atomic E-state index is 10.8. The maximum absolute atomic E-state index is 10.8. The number of aromatic carboxylic acids is 1. The number of rotatable bonds is 2. The Bertz CT molecular complexity index is 731. The van der Waals surface area contributed by atoms with Crippen LogP contribution < -0.4 is 4.48 Å². The molecule has 1 rings (SSSR count). The molecule has 23 heavy (non-hydrogen) atoms. The zero-order chi connectivity index (χ0) is 18.6. The maximum Gasteiger partial charge on any atom is 0.485 e. The van der Waals surface area contributed by atoms with Crippen molar-refractivity contribution in [2.75, 3.05) is 21.1 Å². The summed E-state index contributed by atoms with van der Waals surface area (Å²) in [6.45, 7) is 0. The van der Waals surface area contributed by atoms with E-state index in [0.29, 0.717) is 4.48 Å². The van der Waals surface area contributed by atoms with Crippen LogP contribution in [0.15, 0.2) is 18.2 Å². The van der Waals surface area contributed by atoms with E-state index in [9.17, 15) is 18.0 Å². The summed E-state index contributed by atoms with van der Waals surface area (Å²) in [5, 5.41) is 17.7. The number of hydrogen-bond acceptors (Lipinski definition) is 5. The molecule has 11 heteroatoms. The standard InChI is InChI=1S/C11H12N2O2.CHF3O3S/c1-13(2,3)9-4-5-10(11(14)15)8(6-9)7-12;2-1(3,4)8(5,6)7/h4-6H,1-3H3;(H,5,6,7). The van der Waals surface area contributed by atoms with Gasteiger partial charge in [-0.05, 0) is 6.07 Å². The van der Waals surface area contributed by atoms with Gasteiger partial charge in [-0.15, -0.1) is 0 Å². The molecule has 0 radical (unpaired) electrons. The van der Waals surface area contributed by atoms with E-state index in [1.54, 1.807) is 12.1 Å². The molecule has 0 aliphatic heterocycles. The van der Waals surface area contributed by atoms with E-state index in [1.165, 1.54) is 6.07 Å². The largest absolute Gasteiger partial charge is 0.741 e. The first-order valence-electron chi connectivity index (χ1n) is 5.73. The molecule has 0 amide bonds. The first kappa shape index (κ1) is 20.8. The van der Waals surface area contributed by atoms with Gasteiger partial charge in [-0.3, -0.25) is 4.48 Å². The summed E-state index contributed by atoms with van der Waals surface area (Å²) >= 11 is 0. The van der Waals surface area contributed by atoms with Crippen LogP contribution in [0.2, 0.25) is 0 Å². The number of benzene rings is 1. The van der Waals surface area contributed by atoms with E-state index < -0.39 is 21.6 Å². The van der Waals surface area contributed by atoms with E-state index in [-0.39, 0.29) is 11.1 Å². The minimum absolute atomic E-state index is 0.0506. The Balaban J connectivity index is 0.000000515. The lowest BCUT2D eigenvalue weighted by Crippen LogP contribution is -2.34. The highest BCUT2D eigenvalue weighted by Gasteiger charge is 2.36. The second-order valence-corrected chi connectivity index (χ2v) is 6.43. The van der Waals surface area contributed by atoms with Crippen molar-refractivity contribution < 1.29 is 36.0 Å². The second kappa shape index (κ2) is 6.95. The van der Waals surface area contributed by atoms with Crippen LogP contribution in [0.25, 0.3) is 0 Å². The van der Waals surface area contributed by atoms with Crippen LogP contribution in [-0.4, -0.2) is 50.7 Å². The molecule has 0 spiro atoms. The number of alkyl halides is 3. The zero-order valence-corrected chi connectivity index (χ0v) is 13.1. The molecule has 0 aliphatic carbocycles. The monoisotopic (exact) mass is 354 g/mol. The van der Waals surface area contributed by atoms with Crippen LogP contribution >= 0.6 is 0 Å². The Morgan fingerprint density at radius 3 is 2.00 bits per heavy atom. The van der Waals surface area contributed by atoms with Crippen LogP contribution in [0, 0.1) is 11.3 Å². The first-order valence-corrected chi connectivity index (χ1v) is 7.13. The number of carbonyl (C=O) groups is 1. The van der Waals surface area contributed by atoms with Crippen molar-refractivity contribution in [3.8, 4) is 6.07 Å². The van der Waals surface area contributed by atoms with Gasteiger partial charge in [0.25, 0.3) is 0 Å². The molecule has 0 aliphatic rings. The van der Waals surface area contributed by atoms with E-state index in [4.69, 9.17) is 23.3 Å². The van der Waals surface area contributed by atoms with Gasteiger partial charge in [0.1, 0.15) is 11.8 Å². The van der Waals surface area contributed by atoms with E-state index in [2.05, 4.69) is 0 Å². The lowest BCUT2D eigenvalue weighted by Gasteiger charge is -2.23. The third-order valence-corrected chi connectivity index (χ3v) is 2.98. The minimum atomic E-state index is -6.09. The number of nitrogens with zero attached hydrogens (tertiary/aromatic N) is 2. The Labute approximate surface area is 130 Å². The molecule has 0 bridgehead atoms. The normalized spacial score (nSPS) is 11.9. The van der Waals surface area contributed by atoms with E-state index in [0.717, 1.165) is 5.69 Å². The molecule has 0 atom stereocenters. The predicted octanol–water partition coefficient (Wildman–Crippen LogP) is 1.50. The number of carboxylic acids is 1. The van der Waals surface area contributed by atoms with Crippen LogP contribution in [0.3, 0.4) is 0 Å². The predicted molar refractivity (Wildman–Crippen MR) is 73.4 cm³/mol. The summed E-state index contributed by atoms with van der Waals surface area (Å²) < 4.78 is 59.5. The molecule has 7 nitrogen and oxygen atoms in total. The van der Waals surface area contributed by atoms with Crippen LogP contribution in [0.1, 0.15) is 15.9 Å². The summed E-state index contributed by atoms with van der Waals surface area (Å²) in [5.41, 5.74) is -4.49. The van der Waals surface area contributed by atoms with Gasteiger partial charge in [0.2, 0.25) is 0 Å². The summed E-state index contributed by atoms with van der Waals surface area (Å²) in [4.78, 5) is 10.8. The molecule has 0 heterocycles. The number of hydrogen-bond donors (Lipinski definition) is 1. The molecular formula is C12H13F3N2O5S. The summed E-state index contributed by atoms with van der Waals surface area (Å²) in [6, 6.07) is 6.71. The fourth-order valence-corrected chi connectivity index (χ4v) is 1.23. The van der Waals surface area contributed by atoms with Gasteiger partial charge in [-0.1, -0.05) is 0 Å². The van der Waals surface area contributed by atoms with Crippen molar-refractivity contribution in [2.24, 2.45) is 0 Å². The van der Waals surface area contributed by atoms with Crippen molar-refractivity contribution in [1.29, 1.82) is 5.26 Å². The van der Waals surface area contributed by atoms with E-state index in [1.807, 2.05) is 27.2 Å². The van der Waals surface area contributed by atoms with Gasteiger partial charge in [0.15, 0.2) is 10.1 Å². The van der Waals surface area contributed by atoms with Gasteiger partial charge in [-0.25, -0.2) is 13.2 Å². The highest BCUT2D eigenvalue weighted by atomic mass is 32.2. The van der Waals surface area contributed by atoms with Crippen molar-refractivity contribution in [2.45, 2.75) is 5.51 Å². The quantitative estimate of drug-likeness (QED) is 0.488. The molecule has 1 aromatic rings. The Morgan fingerprint density at radius 2 is 1.74 bits per heavy atom. The first-order chi connectivity index (χ1) is 10.1. The Kier molecular flexibility index (Phi) is 6.29. The molecular weight excluding hydrogens is 341 g/mol. The molecule has 0 unspecified atom stereocenters. The fourth-order valence-electron chi connectivity index (χ4n) is 1.23. The number of quaternary nitrogens is 1. The van der Waals surface area contributed by atoms with Crippen molar-refractivity contribution in [3.63, 3.8) is 0 Å². The van der Waals surface area contributed by atoms with Gasteiger partial charge in [-0.2, -0.15) is 18.4 Å². The fraction of sp³-hybridized carbons (Fsp3) is 0.333. The average molecular weight is 354 g/mol. The van der Waals surface area contributed by atoms with Crippen molar-refractivity contribution in [3.05, 3.63) is 29.3 Å². The van der Waals surface area contributed by atoms with Crippen molar-refractivity contribution >= 4 is 21.8 Å². The molecule has 128 valence electrons. The summed E-state index contributed by atoms with van der Waals surface area (Å²) in [5.74, 6) is -1.07. The Hall–Kier alpha value is -2.16.